The Morgan fingerprint density at radius 3 is 2.67 bits per heavy atom. The van der Waals surface area contributed by atoms with Crippen LogP contribution in [0.2, 0.25) is 0 Å². The van der Waals surface area contributed by atoms with Crippen LogP contribution in [0.1, 0.15) is 30.0 Å². The Kier molecular flexibility index (Phi) is 3.09. The van der Waals surface area contributed by atoms with Gasteiger partial charge < -0.3 is 0 Å². The second-order valence-electron chi connectivity index (χ2n) is 3.15. The average Bonchev–Trinajstić information content (AvgIpc) is 2.05. The van der Waals surface area contributed by atoms with E-state index < -0.39 is 0 Å². The predicted octanol–water partition coefficient (Wildman–Crippen LogP) is 3.59. The van der Waals surface area contributed by atoms with Crippen molar-refractivity contribution >= 4 is 6.08 Å². The summed E-state index contributed by atoms with van der Waals surface area (Å²) in [6.07, 6.45) is 4.30. The van der Waals surface area contributed by atoms with Gasteiger partial charge in [0.1, 0.15) is 0 Å². The highest BCUT2D eigenvalue weighted by atomic mass is 14.0. The Balaban J connectivity index is 2.93. The first-order valence-electron chi connectivity index (χ1n) is 4.50. The number of hydrogen-bond acceptors (Lipinski definition) is 0. The Labute approximate surface area is 74.9 Å². The smallest absolute Gasteiger partial charge is 0.0233 e. The van der Waals surface area contributed by atoms with Crippen LogP contribution in [0, 0.1) is 6.92 Å². The molecule has 0 heterocycles. The normalized spacial score (nSPS) is 9.83. The zero-order valence-electron chi connectivity index (χ0n) is 7.93. The lowest BCUT2D eigenvalue weighted by Crippen LogP contribution is -1.86. The summed E-state index contributed by atoms with van der Waals surface area (Å²) in [5, 5.41) is 0. The molecule has 1 aromatic rings. The van der Waals surface area contributed by atoms with E-state index in [1.807, 2.05) is 6.08 Å². The molecular formula is C12H16. The van der Waals surface area contributed by atoms with E-state index >= 15 is 0 Å². The highest BCUT2D eigenvalue weighted by molar-refractivity contribution is 5.52. The Morgan fingerprint density at radius 1 is 1.42 bits per heavy atom. The lowest BCUT2D eigenvalue weighted by Gasteiger charge is -2.03. The van der Waals surface area contributed by atoms with E-state index in [-0.39, 0.29) is 0 Å². The molecule has 0 saturated carbocycles. The molecule has 0 aliphatic rings. The van der Waals surface area contributed by atoms with Crippen LogP contribution in [-0.4, -0.2) is 0 Å². The molecule has 0 N–H and O–H groups in total. The van der Waals surface area contributed by atoms with E-state index in [4.69, 9.17) is 0 Å². The molecule has 64 valence electrons. The second-order valence-corrected chi connectivity index (χ2v) is 3.15. The van der Waals surface area contributed by atoms with Crippen molar-refractivity contribution < 1.29 is 0 Å². The van der Waals surface area contributed by atoms with Gasteiger partial charge in [-0.25, -0.2) is 0 Å². The molecule has 1 aromatic carbocycles. The van der Waals surface area contributed by atoms with Gasteiger partial charge in [0.15, 0.2) is 0 Å². The minimum absolute atomic E-state index is 1.18. The standard InChI is InChI=1S/C12H16/c1-4-6-11-7-8-12(5-2)10(3)9-11/h5,7-9H,2,4,6H2,1,3H3. The average molecular weight is 160 g/mol. The molecule has 0 spiro atoms. The van der Waals surface area contributed by atoms with Gasteiger partial charge >= 0.3 is 0 Å². The van der Waals surface area contributed by atoms with Gasteiger partial charge in [-0.15, -0.1) is 0 Å². The molecule has 0 unspecified atom stereocenters. The van der Waals surface area contributed by atoms with Gasteiger partial charge in [-0.05, 0) is 30.0 Å². The molecule has 0 bridgehead atoms. The van der Waals surface area contributed by atoms with Gasteiger partial charge in [0, 0.05) is 0 Å². The Bertz CT molecular complexity index is 271. The first-order valence-corrected chi connectivity index (χ1v) is 4.50. The summed E-state index contributed by atoms with van der Waals surface area (Å²) in [7, 11) is 0. The molecule has 0 aliphatic heterocycles. The fourth-order valence-corrected chi connectivity index (χ4v) is 1.41. The molecule has 0 amide bonds. The Hall–Kier alpha value is -1.04. The minimum Gasteiger partial charge on any atom is -0.0985 e. The maximum atomic E-state index is 3.77. The van der Waals surface area contributed by atoms with E-state index in [2.05, 4.69) is 38.6 Å². The number of hydrogen-bond donors (Lipinski definition) is 0. The van der Waals surface area contributed by atoms with E-state index in [1.165, 1.54) is 29.5 Å². The third-order valence-corrected chi connectivity index (χ3v) is 2.09. The zero-order valence-corrected chi connectivity index (χ0v) is 7.93. The summed E-state index contributed by atoms with van der Waals surface area (Å²) < 4.78 is 0. The van der Waals surface area contributed by atoms with Gasteiger partial charge in [-0.1, -0.05) is 44.2 Å². The SMILES string of the molecule is C=Cc1ccc(CCC)cc1C. The second kappa shape index (κ2) is 4.10. The van der Waals surface area contributed by atoms with Crippen molar-refractivity contribution in [2.24, 2.45) is 0 Å². The van der Waals surface area contributed by atoms with Gasteiger partial charge in [0.2, 0.25) is 0 Å². The lowest BCUT2D eigenvalue weighted by atomic mass is 10.0. The molecule has 12 heavy (non-hydrogen) atoms. The maximum absolute atomic E-state index is 3.77. The zero-order chi connectivity index (χ0) is 8.97. The fraction of sp³-hybridized carbons (Fsp3) is 0.333. The van der Waals surface area contributed by atoms with Gasteiger partial charge in [0.25, 0.3) is 0 Å². The van der Waals surface area contributed by atoms with Crippen molar-refractivity contribution in [3.63, 3.8) is 0 Å². The molecule has 0 aliphatic carbocycles. The van der Waals surface area contributed by atoms with E-state index in [1.54, 1.807) is 0 Å². The minimum atomic E-state index is 1.18. The molecular weight excluding hydrogens is 144 g/mol. The van der Waals surface area contributed by atoms with Gasteiger partial charge in [-0.3, -0.25) is 0 Å². The fourth-order valence-electron chi connectivity index (χ4n) is 1.41. The highest BCUT2D eigenvalue weighted by Gasteiger charge is 1.95. The van der Waals surface area contributed by atoms with Crippen LogP contribution in [0.4, 0.5) is 0 Å². The molecule has 0 radical (unpaired) electrons. The van der Waals surface area contributed by atoms with E-state index in [0.29, 0.717) is 0 Å². The van der Waals surface area contributed by atoms with Crippen LogP contribution in [0.15, 0.2) is 24.8 Å². The van der Waals surface area contributed by atoms with Crippen LogP contribution in [0.25, 0.3) is 6.08 Å². The van der Waals surface area contributed by atoms with E-state index in [0.717, 1.165) is 0 Å². The summed E-state index contributed by atoms with van der Waals surface area (Å²) in [5.41, 5.74) is 4.01. The number of benzene rings is 1. The van der Waals surface area contributed by atoms with Crippen LogP contribution in [0.5, 0.6) is 0 Å². The summed E-state index contributed by atoms with van der Waals surface area (Å²) in [4.78, 5) is 0. The maximum Gasteiger partial charge on any atom is -0.0233 e. The van der Waals surface area contributed by atoms with Crippen LogP contribution in [-0.2, 0) is 6.42 Å². The summed E-state index contributed by atoms with van der Waals surface area (Å²) in [5.74, 6) is 0. The topological polar surface area (TPSA) is 0 Å². The predicted molar refractivity (Wildman–Crippen MR) is 55.3 cm³/mol. The Morgan fingerprint density at radius 2 is 2.17 bits per heavy atom. The number of rotatable bonds is 3. The van der Waals surface area contributed by atoms with Crippen molar-refractivity contribution in [3.05, 3.63) is 41.5 Å². The highest BCUT2D eigenvalue weighted by Crippen LogP contribution is 2.13. The first-order chi connectivity index (χ1) is 5.77. The molecule has 0 aromatic heterocycles. The first kappa shape index (κ1) is 9.05. The molecule has 0 heteroatoms. The van der Waals surface area contributed by atoms with Crippen LogP contribution in [0.3, 0.4) is 0 Å². The van der Waals surface area contributed by atoms with Crippen molar-refractivity contribution in [1.82, 2.24) is 0 Å². The third-order valence-electron chi connectivity index (χ3n) is 2.09. The van der Waals surface area contributed by atoms with Crippen LogP contribution < -0.4 is 0 Å². The third kappa shape index (κ3) is 1.97. The van der Waals surface area contributed by atoms with Crippen molar-refractivity contribution in [1.29, 1.82) is 0 Å². The quantitative estimate of drug-likeness (QED) is 0.634. The van der Waals surface area contributed by atoms with Crippen LogP contribution >= 0.6 is 0 Å². The molecule has 0 atom stereocenters. The van der Waals surface area contributed by atoms with E-state index in [9.17, 15) is 0 Å². The van der Waals surface area contributed by atoms with Gasteiger partial charge in [-0.2, -0.15) is 0 Å². The molecule has 0 nitrogen and oxygen atoms in total. The molecule has 1 rings (SSSR count). The molecule has 0 fully saturated rings. The monoisotopic (exact) mass is 160 g/mol. The summed E-state index contributed by atoms with van der Waals surface area (Å²) in [6, 6.07) is 6.58. The van der Waals surface area contributed by atoms with Crippen molar-refractivity contribution in [2.75, 3.05) is 0 Å². The van der Waals surface area contributed by atoms with Crippen molar-refractivity contribution in [3.8, 4) is 0 Å². The van der Waals surface area contributed by atoms with Gasteiger partial charge in [0.05, 0.1) is 0 Å². The summed E-state index contributed by atoms with van der Waals surface area (Å²) >= 11 is 0. The summed E-state index contributed by atoms with van der Waals surface area (Å²) in [6.45, 7) is 8.11. The lowest BCUT2D eigenvalue weighted by molar-refractivity contribution is 0.920. The largest absolute Gasteiger partial charge is 0.0985 e. The van der Waals surface area contributed by atoms with Crippen molar-refractivity contribution in [2.45, 2.75) is 26.7 Å². The molecule has 0 saturated heterocycles. The number of aryl methyl sites for hydroxylation is 2.